The summed E-state index contributed by atoms with van der Waals surface area (Å²) < 4.78 is 6.48. The summed E-state index contributed by atoms with van der Waals surface area (Å²) in [6, 6.07) is 3.40. The second-order valence-corrected chi connectivity index (χ2v) is 6.55. The van der Waals surface area contributed by atoms with E-state index in [4.69, 9.17) is 4.74 Å². The molecule has 0 amide bonds. The van der Waals surface area contributed by atoms with Crippen LogP contribution in [0.2, 0.25) is 0 Å². The Hall–Kier alpha value is -1.73. The van der Waals surface area contributed by atoms with Crippen molar-refractivity contribution in [2.24, 2.45) is 0 Å². The van der Waals surface area contributed by atoms with E-state index in [9.17, 15) is 10.1 Å². The number of nitro groups is 1. The Labute approximate surface area is 126 Å². The number of nitrogens with one attached hydrogen (secondary N) is 1. The average Bonchev–Trinajstić information content (AvgIpc) is 3.05. The number of ether oxygens (including phenoxy) is 1. The first-order chi connectivity index (χ1) is 10.0. The minimum Gasteiger partial charge on any atom is -0.376 e. The van der Waals surface area contributed by atoms with Gasteiger partial charge in [-0.05, 0) is 32.8 Å². The van der Waals surface area contributed by atoms with E-state index >= 15 is 0 Å². The third-order valence-corrected chi connectivity index (χ3v) is 4.65. The summed E-state index contributed by atoms with van der Waals surface area (Å²) in [6.45, 7) is 4.66. The molecule has 1 fully saturated rings. The lowest BCUT2D eigenvalue weighted by molar-refractivity contribution is -0.383. The van der Waals surface area contributed by atoms with Gasteiger partial charge in [-0.15, -0.1) is 11.3 Å². The van der Waals surface area contributed by atoms with Crippen LogP contribution in [0.4, 0.5) is 11.4 Å². The van der Waals surface area contributed by atoms with Gasteiger partial charge in [0.1, 0.15) is 5.69 Å². The van der Waals surface area contributed by atoms with Gasteiger partial charge in [0.25, 0.3) is 5.69 Å². The molecule has 2 atom stereocenters. The third kappa shape index (κ3) is 2.84. The Morgan fingerprint density at radius 3 is 3.05 bits per heavy atom. The van der Waals surface area contributed by atoms with E-state index < -0.39 is 0 Å². The van der Waals surface area contributed by atoms with Crippen molar-refractivity contribution in [2.45, 2.75) is 38.8 Å². The lowest BCUT2D eigenvalue weighted by atomic mass is 10.1. The van der Waals surface area contributed by atoms with Crippen LogP contribution < -0.4 is 5.32 Å². The van der Waals surface area contributed by atoms with Gasteiger partial charge in [-0.25, -0.2) is 4.98 Å². The molecule has 0 aliphatic carbocycles. The standard InChI is InChI=1S/C14H17N3O3S/c1-8(13-4-3-5-20-13)15-10-6-11-14(21-9(2)16-11)7-12(10)17(18)19/h6-8,13,15H,3-5H2,1-2H3. The molecule has 3 rings (SSSR count). The summed E-state index contributed by atoms with van der Waals surface area (Å²) in [6.07, 6.45) is 2.14. The Balaban J connectivity index is 1.94. The van der Waals surface area contributed by atoms with Gasteiger partial charge in [0, 0.05) is 18.7 Å². The van der Waals surface area contributed by atoms with Gasteiger partial charge in [0.15, 0.2) is 0 Å². The molecule has 2 unspecified atom stereocenters. The number of nitrogens with zero attached hydrogens (tertiary/aromatic N) is 2. The molecule has 0 radical (unpaired) electrons. The Morgan fingerprint density at radius 2 is 2.38 bits per heavy atom. The highest BCUT2D eigenvalue weighted by molar-refractivity contribution is 7.18. The van der Waals surface area contributed by atoms with E-state index in [0.29, 0.717) is 5.69 Å². The summed E-state index contributed by atoms with van der Waals surface area (Å²) in [5, 5.41) is 15.4. The molecule has 1 aromatic heterocycles. The zero-order chi connectivity index (χ0) is 15.0. The van der Waals surface area contributed by atoms with Crippen molar-refractivity contribution in [1.82, 2.24) is 4.98 Å². The van der Waals surface area contributed by atoms with Crippen molar-refractivity contribution in [1.29, 1.82) is 0 Å². The highest BCUT2D eigenvalue weighted by atomic mass is 32.1. The fourth-order valence-corrected chi connectivity index (χ4v) is 3.52. The molecule has 1 aliphatic heterocycles. The van der Waals surface area contributed by atoms with E-state index in [-0.39, 0.29) is 22.8 Å². The number of aryl methyl sites for hydroxylation is 1. The summed E-state index contributed by atoms with van der Waals surface area (Å²) in [5.74, 6) is 0. The maximum absolute atomic E-state index is 11.3. The first kappa shape index (κ1) is 14.2. The van der Waals surface area contributed by atoms with Crippen LogP contribution in [0.1, 0.15) is 24.8 Å². The lowest BCUT2D eigenvalue weighted by Gasteiger charge is -2.21. The van der Waals surface area contributed by atoms with Gasteiger partial charge < -0.3 is 10.1 Å². The number of benzene rings is 1. The minimum absolute atomic E-state index is 0.0309. The fraction of sp³-hybridized carbons (Fsp3) is 0.500. The minimum atomic E-state index is -0.348. The number of hydrogen-bond donors (Lipinski definition) is 1. The van der Waals surface area contributed by atoms with Gasteiger partial charge in [-0.3, -0.25) is 10.1 Å². The zero-order valence-corrected chi connectivity index (χ0v) is 12.8. The largest absolute Gasteiger partial charge is 0.376 e. The molecule has 7 heteroatoms. The smallest absolute Gasteiger partial charge is 0.293 e. The zero-order valence-electron chi connectivity index (χ0n) is 12.0. The van der Waals surface area contributed by atoms with Gasteiger partial charge in [-0.2, -0.15) is 0 Å². The number of aromatic nitrogens is 1. The summed E-state index contributed by atoms with van der Waals surface area (Å²) in [4.78, 5) is 15.3. The molecular weight excluding hydrogens is 290 g/mol. The van der Waals surface area contributed by atoms with Crippen molar-refractivity contribution < 1.29 is 9.66 Å². The predicted molar refractivity (Wildman–Crippen MR) is 83.1 cm³/mol. The molecule has 2 heterocycles. The van der Waals surface area contributed by atoms with Crippen molar-refractivity contribution in [3.8, 4) is 0 Å². The highest BCUT2D eigenvalue weighted by Crippen LogP contribution is 2.34. The predicted octanol–water partition coefficient (Wildman–Crippen LogP) is 3.49. The van der Waals surface area contributed by atoms with Crippen molar-refractivity contribution in [3.63, 3.8) is 0 Å². The molecular formula is C14H17N3O3S. The van der Waals surface area contributed by atoms with E-state index in [2.05, 4.69) is 10.3 Å². The molecule has 1 aliphatic rings. The van der Waals surface area contributed by atoms with Crippen LogP contribution in [-0.2, 0) is 4.74 Å². The summed E-state index contributed by atoms with van der Waals surface area (Å²) in [7, 11) is 0. The van der Waals surface area contributed by atoms with Crippen molar-refractivity contribution >= 4 is 32.9 Å². The summed E-state index contributed by atoms with van der Waals surface area (Å²) >= 11 is 1.47. The van der Waals surface area contributed by atoms with E-state index in [1.165, 1.54) is 11.3 Å². The van der Waals surface area contributed by atoms with E-state index in [1.807, 2.05) is 13.8 Å². The average molecular weight is 307 g/mol. The first-order valence-electron chi connectivity index (χ1n) is 6.98. The molecule has 0 spiro atoms. The number of anilines is 1. The SMILES string of the molecule is Cc1nc2cc(NC(C)C3CCCO3)c([N+](=O)[O-])cc2s1. The Kier molecular flexibility index (Phi) is 3.77. The molecule has 1 aromatic carbocycles. The normalized spacial score (nSPS) is 19.8. The van der Waals surface area contributed by atoms with Gasteiger partial charge >= 0.3 is 0 Å². The molecule has 1 saturated heterocycles. The molecule has 112 valence electrons. The molecule has 21 heavy (non-hydrogen) atoms. The van der Waals surface area contributed by atoms with Gasteiger partial charge in [0.05, 0.1) is 26.3 Å². The van der Waals surface area contributed by atoms with Crippen LogP contribution in [0, 0.1) is 17.0 Å². The number of nitro benzene ring substituents is 1. The molecule has 6 nitrogen and oxygen atoms in total. The quantitative estimate of drug-likeness (QED) is 0.691. The summed E-state index contributed by atoms with van der Waals surface area (Å²) in [5.41, 5.74) is 1.40. The molecule has 1 N–H and O–H groups in total. The van der Waals surface area contributed by atoms with Crippen LogP contribution in [0.25, 0.3) is 10.2 Å². The maximum atomic E-state index is 11.3. The van der Waals surface area contributed by atoms with Gasteiger partial charge in [0.2, 0.25) is 0 Å². The topological polar surface area (TPSA) is 77.3 Å². The number of rotatable bonds is 4. The maximum Gasteiger partial charge on any atom is 0.293 e. The van der Waals surface area contributed by atoms with Crippen LogP contribution in [0.3, 0.4) is 0 Å². The van der Waals surface area contributed by atoms with Gasteiger partial charge in [-0.1, -0.05) is 0 Å². The van der Waals surface area contributed by atoms with E-state index in [0.717, 1.165) is 34.7 Å². The number of fused-ring (bicyclic) bond motifs is 1. The number of hydrogen-bond acceptors (Lipinski definition) is 6. The van der Waals surface area contributed by atoms with Crippen molar-refractivity contribution in [2.75, 3.05) is 11.9 Å². The molecule has 2 aromatic rings. The molecule has 0 saturated carbocycles. The second-order valence-electron chi connectivity index (χ2n) is 5.31. The van der Waals surface area contributed by atoms with Crippen molar-refractivity contribution in [3.05, 3.63) is 27.3 Å². The van der Waals surface area contributed by atoms with E-state index in [1.54, 1.807) is 12.1 Å². The van der Waals surface area contributed by atoms with Crippen LogP contribution >= 0.6 is 11.3 Å². The Bertz CT molecular complexity index is 679. The number of thiazole rings is 1. The van der Waals surface area contributed by atoms with Crippen LogP contribution in [-0.4, -0.2) is 28.7 Å². The highest BCUT2D eigenvalue weighted by Gasteiger charge is 2.25. The fourth-order valence-electron chi connectivity index (χ4n) is 2.68. The van der Waals surface area contributed by atoms with Crippen LogP contribution in [0.5, 0.6) is 0 Å². The first-order valence-corrected chi connectivity index (χ1v) is 7.80. The van der Waals surface area contributed by atoms with Crippen LogP contribution in [0.15, 0.2) is 12.1 Å². The molecule has 0 bridgehead atoms. The lowest BCUT2D eigenvalue weighted by Crippen LogP contribution is -2.30. The second kappa shape index (κ2) is 5.57. The monoisotopic (exact) mass is 307 g/mol. The third-order valence-electron chi connectivity index (χ3n) is 3.72. The Morgan fingerprint density at radius 1 is 1.57 bits per heavy atom.